The third-order valence-electron chi connectivity index (χ3n) is 4.62. The van der Waals surface area contributed by atoms with Gasteiger partial charge in [0.2, 0.25) is 5.91 Å². The highest BCUT2D eigenvalue weighted by Gasteiger charge is 2.42. The van der Waals surface area contributed by atoms with Gasteiger partial charge in [0, 0.05) is 25.8 Å². The summed E-state index contributed by atoms with van der Waals surface area (Å²) < 4.78 is 0. The Hall–Kier alpha value is -1.95. The number of piperidine rings is 1. The lowest BCUT2D eigenvalue weighted by molar-refractivity contribution is -0.155. The number of likely N-dealkylation sites (N-methyl/N-ethyl adjacent to an activating group) is 1. The van der Waals surface area contributed by atoms with Crippen LogP contribution in [-0.2, 0) is 16.1 Å². The summed E-state index contributed by atoms with van der Waals surface area (Å²) in [5.41, 5.74) is 0.128. The molecule has 2 heterocycles. The number of rotatable bonds is 6. The third-order valence-corrected chi connectivity index (χ3v) is 4.62. The standard InChI is InChI=1S/C17H25N3O3/c1-3-17(16(22)23)8-6-10-20(13-17)15(21)12-19(2)11-14-7-4-5-9-18-14/h4-5,7,9H,3,6,8,10-13H2,1-2H3,(H,22,23). The van der Waals surface area contributed by atoms with Gasteiger partial charge in [-0.15, -0.1) is 0 Å². The zero-order valence-electron chi connectivity index (χ0n) is 13.9. The summed E-state index contributed by atoms with van der Waals surface area (Å²) in [6.45, 7) is 3.71. The smallest absolute Gasteiger partial charge is 0.311 e. The Balaban J connectivity index is 1.93. The lowest BCUT2D eigenvalue weighted by Crippen LogP contribution is -2.51. The van der Waals surface area contributed by atoms with E-state index in [1.165, 1.54) is 0 Å². The third kappa shape index (κ3) is 4.28. The van der Waals surface area contributed by atoms with Crippen LogP contribution in [0.1, 0.15) is 31.9 Å². The summed E-state index contributed by atoms with van der Waals surface area (Å²) in [5, 5.41) is 9.51. The Morgan fingerprint density at radius 3 is 2.83 bits per heavy atom. The maximum Gasteiger partial charge on any atom is 0.311 e. The van der Waals surface area contributed by atoms with Gasteiger partial charge in [0.25, 0.3) is 0 Å². The van der Waals surface area contributed by atoms with Gasteiger partial charge in [0.15, 0.2) is 0 Å². The molecule has 6 nitrogen and oxygen atoms in total. The highest BCUT2D eigenvalue weighted by Crippen LogP contribution is 2.33. The van der Waals surface area contributed by atoms with Crippen LogP contribution in [0.4, 0.5) is 0 Å². The molecule has 0 aromatic carbocycles. The molecule has 1 atom stereocenters. The van der Waals surface area contributed by atoms with Crippen molar-refractivity contribution in [2.24, 2.45) is 5.41 Å². The maximum absolute atomic E-state index is 12.5. The average Bonchev–Trinajstić information content (AvgIpc) is 2.55. The molecule has 1 N–H and O–H groups in total. The van der Waals surface area contributed by atoms with Crippen LogP contribution in [0.15, 0.2) is 24.4 Å². The predicted molar refractivity (Wildman–Crippen MR) is 86.7 cm³/mol. The van der Waals surface area contributed by atoms with Crippen molar-refractivity contribution in [3.05, 3.63) is 30.1 Å². The number of hydrogen-bond acceptors (Lipinski definition) is 4. The monoisotopic (exact) mass is 319 g/mol. The predicted octanol–water partition coefficient (Wildman–Crippen LogP) is 1.62. The van der Waals surface area contributed by atoms with E-state index in [4.69, 9.17) is 0 Å². The molecule has 23 heavy (non-hydrogen) atoms. The maximum atomic E-state index is 12.5. The summed E-state index contributed by atoms with van der Waals surface area (Å²) in [6, 6.07) is 5.71. The van der Waals surface area contributed by atoms with Gasteiger partial charge < -0.3 is 10.0 Å². The molecule has 0 radical (unpaired) electrons. The topological polar surface area (TPSA) is 73.7 Å². The van der Waals surface area contributed by atoms with Crippen LogP contribution < -0.4 is 0 Å². The number of likely N-dealkylation sites (tertiary alicyclic amines) is 1. The van der Waals surface area contributed by atoms with E-state index < -0.39 is 11.4 Å². The minimum atomic E-state index is -0.792. The van der Waals surface area contributed by atoms with E-state index in [9.17, 15) is 14.7 Å². The van der Waals surface area contributed by atoms with E-state index in [0.717, 1.165) is 12.1 Å². The van der Waals surface area contributed by atoms with Crippen molar-refractivity contribution in [3.8, 4) is 0 Å². The van der Waals surface area contributed by atoms with Crippen molar-refractivity contribution in [2.75, 3.05) is 26.7 Å². The first-order chi connectivity index (χ1) is 11.0. The number of amides is 1. The first-order valence-corrected chi connectivity index (χ1v) is 8.06. The van der Waals surface area contributed by atoms with Crippen LogP contribution in [-0.4, -0.2) is 58.4 Å². The summed E-state index contributed by atoms with van der Waals surface area (Å²) in [7, 11) is 1.88. The Bertz CT molecular complexity index is 549. The molecular formula is C17H25N3O3. The minimum absolute atomic E-state index is 0.0118. The molecule has 0 aliphatic carbocycles. The Morgan fingerprint density at radius 2 is 2.22 bits per heavy atom. The molecule has 2 rings (SSSR count). The SMILES string of the molecule is CCC1(C(=O)O)CCCN(C(=O)CN(C)Cc2ccccn2)C1. The molecule has 126 valence electrons. The molecule has 6 heteroatoms. The van der Waals surface area contributed by atoms with E-state index in [-0.39, 0.29) is 12.5 Å². The number of carboxylic acids is 1. The highest BCUT2D eigenvalue weighted by atomic mass is 16.4. The van der Waals surface area contributed by atoms with E-state index in [2.05, 4.69) is 4.98 Å². The highest BCUT2D eigenvalue weighted by molar-refractivity contribution is 5.81. The fourth-order valence-corrected chi connectivity index (χ4v) is 3.11. The van der Waals surface area contributed by atoms with Gasteiger partial charge in [0.05, 0.1) is 17.7 Å². The van der Waals surface area contributed by atoms with Gasteiger partial charge in [0.1, 0.15) is 0 Å². The second-order valence-corrected chi connectivity index (χ2v) is 6.35. The fourth-order valence-electron chi connectivity index (χ4n) is 3.11. The average molecular weight is 319 g/mol. The van der Waals surface area contributed by atoms with Crippen molar-refractivity contribution in [1.29, 1.82) is 0 Å². The van der Waals surface area contributed by atoms with Crippen LogP contribution in [0.5, 0.6) is 0 Å². The summed E-state index contributed by atoms with van der Waals surface area (Å²) in [5.74, 6) is -0.804. The molecule has 0 saturated carbocycles. The molecule has 1 aromatic rings. The lowest BCUT2D eigenvalue weighted by Gasteiger charge is -2.39. The number of carbonyl (C=O) groups excluding carboxylic acids is 1. The number of carboxylic acid groups (broad SMARTS) is 1. The molecule has 1 aromatic heterocycles. The Labute approximate surface area is 137 Å². The van der Waals surface area contributed by atoms with Crippen molar-refractivity contribution < 1.29 is 14.7 Å². The van der Waals surface area contributed by atoms with Crippen molar-refractivity contribution in [1.82, 2.24) is 14.8 Å². The summed E-state index contributed by atoms with van der Waals surface area (Å²) >= 11 is 0. The molecule has 1 amide bonds. The molecule has 1 fully saturated rings. The van der Waals surface area contributed by atoms with Gasteiger partial charge in [-0.3, -0.25) is 19.5 Å². The molecule has 0 bridgehead atoms. The van der Waals surface area contributed by atoms with E-state index in [0.29, 0.717) is 32.5 Å². The number of hydrogen-bond donors (Lipinski definition) is 1. The molecule has 1 unspecified atom stereocenters. The zero-order chi connectivity index (χ0) is 16.9. The van der Waals surface area contributed by atoms with Crippen LogP contribution in [0.3, 0.4) is 0 Å². The number of nitrogens with zero attached hydrogens (tertiary/aromatic N) is 3. The van der Waals surface area contributed by atoms with Gasteiger partial charge in [-0.25, -0.2) is 0 Å². The zero-order valence-corrected chi connectivity index (χ0v) is 13.9. The van der Waals surface area contributed by atoms with Gasteiger partial charge >= 0.3 is 5.97 Å². The van der Waals surface area contributed by atoms with Crippen LogP contribution in [0, 0.1) is 5.41 Å². The molecular weight excluding hydrogens is 294 g/mol. The normalized spacial score (nSPS) is 21.4. The second-order valence-electron chi connectivity index (χ2n) is 6.35. The lowest BCUT2D eigenvalue weighted by atomic mass is 9.77. The van der Waals surface area contributed by atoms with Crippen molar-refractivity contribution >= 4 is 11.9 Å². The number of carbonyl (C=O) groups is 2. The van der Waals surface area contributed by atoms with Crippen LogP contribution in [0.2, 0.25) is 0 Å². The quantitative estimate of drug-likeness (QED) is 0.862. The molecule has 1 aliphatic rings. The van der Waals surface area contributed by atoms with E-state index >= 15 is 0 Å². The van der Waals surface area contributed by atoms with Crippen molar-refractivity contribution in [2.45, 2.75) is 32.7 Å². The molecule has 1 saturated heterocycles. The minimum Gasteiger partial charge on any atom is -0.481 e. The van der Waals surface area contributed by atoms with E-state index in [1.54, 1.807) is 11.1 Å². The molecule has 0 spiro atoms. The van der Waals surface area contributed by atoms with Crippen LogP contribution in [0.25, 0.3) is 0 Å². The second kappa shape index (κ2) is 7.55. The van der Waals surface area contributed by atoms with Crippen molar-refractivity contribution in [3.63, 3.8) is 0 Å². The van der Waals surface area contributed by atoms with Gasteiger partial charge in [-0.1, -0.05) is 13.0 Å². The Kier molecular flexibility index (Phi) is 5.71. The summed E-state index contributed by atoms with van der Waals surface area (Å²) in [4.78, 5) is 31.9. The fraction of sp³-hybridized carbons (Fsp3) is 0.588. The largest absolute Gasteiger partial charge is 0.481 e. The Morgan fingerprint density at radius 1 is 1.43 bits per heavy atom. The summed E-state index contributed by atoms with van der Waals surface area (Å²) in [6.07, 6.45) is 3.68. The first kappa shape index (κ1) is 17.4. The number of aromatic nitrogens is 1. The van der Waals surface area contributed by atoms with Crippen LogP contribution >= 0.6 is 0 Å². The van der Waals surface area contributed by atoms with E-state index in [1.807, 2.05) is 37.1 Å². The van der Waals surface area contributed by atoms with Gasteiger partial charge in [-0.05, 0) is 38.4 Å². The molecule has 1 aliphatic heterocycles. The van der Waals surface area contributed by atoms with Gasteiger partial charge in [-0.2, -0.15) is 0 Å². The first-order valence-electron chi connectivity index (χ1n) is 8.06. The number of pyridine rings is 1. The number of aliphatic carboxylic acids is 1.